The highest BCUT2D eigenvalue weighted by atomic mass is 32.2. The van der Waals surface area contributed by atoms with Gasteiger partial charge in [-0.2, -0.15) is 0 Å². The van der Waals surface area contributed by atoms with E-state index in [0.29, 0.717) is 32.6 Å². The first kappa shape index (κ1) is 16.6. The molecule has 0 unspecified atom stereocenters. The molecule has 0 aliphatic rings. The molecule has 1 rings (SSSR count). The van der Waals surface area contributed by atoms with Crippen LogP contribution >= 0.6 is 0 Å². The fourth-order valence-corrected chi connectivity index (χ4v) is 2.27. The third-order valence-corrected chi connectivity index (χ3v) is 3.38. The maximum absolute atomic E-state index is 12.8. The van der Waals surface area contributed by atoms with Crippen molar-refractivity contribution in [2.75, 3.05) is 25.9 Å². The largest absolute Gasteiger partial charge is 0.288 e. The van der Waals surface area contributed by atoms with Crippen LogP contribution in [0.15, 0.2) is 24.3 Å². The fourth-order valence-electron chi connectivity index (χ4n) is 1.75. The maximum atomic E-state index is 12.8. The zero-order valence-electron chi connectivity index (χ0n) is 11.5. The Kier molecular flexibility index (Phi) is 6.65. The molecule has 0 heterocycles. The Morgan fingerprint density at radius 1 is 1.35 bits per heavy atom. The van der Waals surface area contributed by atoms with Gasteiger partial charge >= 0.3 is 0 Å². The predicted molar refractivity (Wildman–Crippen MR) is 78.0 cm³/mol. The van der Waals surface area contributed by atoms with Crippen LogP contribution in [-0.2, 0) is 16.6 Å². The molecule has 0 radical (unpaired) electrons. The Hall–Kier alpha value is -1.42. The van der Waals surface area contributed by atoms with E-state index in [9.17, 15) is 12.8 Å². The Balaban J connectivity index is 2.44. The molecule has 0 aliphatic carbocycles. The summed E-state index contributed by atoms with van der Waals surface area (Å²) in [4.78, 5) is 2.01. The van der Waals surface area contributed by atoms with Crippen LogP contribution in [0.4, 0.5) is 4.39 Å². The van der Waals surface area contributed by atoms with Crippen LogP contribution in [0.3, 0.4) is 0 Å². The minimum atomic E-state index is -3.15. The maximum Gasteiger partial charge on any atom is 0.208 e. The molecule has 0 amide bonds. The van der Waals surface area contributed by atoms with Crippen LogP contribution in [-0.4, -0.2) is 39.2 Å². The first-order valence-corrected chi connectivity index (χ1v) is 8.15. The van der Waals surface area contributed by atoms with Crippen molar-refractivity contribution in [3.8, 4) is 12.3 Å². The molecule has 4 nitrogen and oxygen atoms in total. The number of benzene rings is 1. The van der Waals surface area contributed by atoms with Gasteiger partial charge in [0.25, 0.3) is 0 Å². The quantitative estimate of drug-likeness (QED) is 0.579. The molecule has 0 spiro atoms. The number of hydrogen-bond donors (Lipinski definition) is 1. The van der Waals surface area contributed by atoms with Crippen LogP contribution in [0, 0.1) is 18.2 Å². The molecule has 1 aromatic carbocycles. The van der Waals surface area contributed by atoms with Crippen molar-refractivity contribution in [1.29, 1.82) is 0 Å². The Morgan fingerprint density at radius 3 is 2.55 bits per heavy atom. The van der Waals surface area contributed by atoms with E-state index in [1.807, 2.05) is 4.90 Å². The van der Waals surface area contributed by atoms with Gasteiger partial charge < -0.3 is 0 Å². The lowest BCUT2D eigenvalue weighted by Gasteiger charge is -2.19. The molecule has 0 saturated carbocycles. The third kappa shape index (κ3) is 7.24. The van der Waals surface area contributed by atoms with Crippen molar-refractivity contribution in [2.24, 2.45) is 0 Å². The van der Waals surface area contributed by atoms with Crippen molar-refractivity contribution in [1.82, 2.24) is 9.62 Å². The molecule has 20 heavy (non-hydrogen) atoms. The van der Waals surface area contributed by atoms with E-state index < -0.39 is 10.0 Å². The van der Waals surface area contributed by atoms with Crippen molar-refractivity contribution in [2.45, 2.75) is 13.0 Å². The topological polar surface area (TPSA) is 49.4 Å². The van der Waals surface area contributed by atoms with Crippen LogP contribution in [0.2, 0.25) is 0 Å². The van der Waals surface area contributed by atoms with Gasteiger partial charge in [-0.3, -0.25) is 4.90 Å². The van der Waals surface area contributed by atoms with E-state index in [1.54, 1.807) is 12.1 Å². The van der Waals surface area contributed by atoms with Crippen molar-refractivity contribution in [3.05, 3.63) is 35.6 Å². The molecule has 0 aliphatic heterocycles. The monoisotopic (exact) mass is 298 g/mol. The summed E-state index contributed by atoms with van der Waals surface area (Å²) in [5.74, 6) is 2.30. The summed E-state index contributed by atoms with van der Waals surface area (Å²) in [6.07, 6.45) is 7.11. The van der Waals surface area contributed by atoms with Gasteiger partial charge in [0.1, 0.15) is 5.82 Å². The van der Waals surface area contributed by atoms with Crippen molar-refractivity contribution < 1.29 is 12.8 Å². The van der Waals surface area contributed by atoms with Crippen molar-refractivity contribution >= 4 is 10.0 Å². The Bertz CT molecular complexity index is 550. The smallest absolute Gasteiger partial charge is 0.208 e. The van der Waals surface area contributed by atoms with Gasteiger partial charge in [-0.15, -0.1) is 6.42 Å². The van der Waals surface area contributed by atoms with Gasteiger partial charge in [0.2, 0.25) is 10.0 Å². The van der Waals surface area contributed by atoms with Gasteiger partial charge in [-0.05, 0) is 24.1 Å². The highest BCUT2D eigenvalue weighted by Gasteiger charge is 2.06. The molecule has 0 atom stereocenters. The highest BCUT2D eigenvalue weighted by Crippen LogP contribution is 2.06. The van der Waals surface area contributed by atoms with E-state index >= 15 is 0 Å². The van der Waals surface area contributed by atoms with Gasteiger partial charge in [0, 0.05) is 19.6 Å². The molecule has 0 bridgehead atoms. The zero-order valence-corrected chi connectivity index (χ0v) is 12.3. The third-order valence-electron chi connectivity index (χ3n) is 2.65. The zero-order chi connectivity index (χ0) is 15.0. The van der Waals surface area contributed by atoms with Crippen LogP contribution in [0.5, 0.6) is 0 Å². The summed E-state index contributed by atoms with van der Waals surface area (Å²) >= 11 is 0. The Labute approximate surface area is 120 Å². The SMILES string of the molecule is C#CCN(CCCNS(C)(=O)=O)Cc1ccc(F)cc1. The average Bonchev–Trinajstić information content (AvgIpc) is 2.36. The first-order chi connectivity index (χ1) is 9.40. The number of sulfonamides is 1. The van der Waals surface area contributed by atoms with Crippen LogP contribution in [0.25, 0.3) is 0 Å². The fraction of sp³-hybridized carbons (Fsp3) is 0.429. The number of terminal acetylenes is 1. The Morgan fingerprint density at radius 2 is 2.00 bits per heavy atom. The van der Waals surface area contributed by atoms with Gasteiger partial charge in [0.15, 0.2) is 0 Å². The molecular formula is C14H19FN2O2S. The average molecular weight is 298 g/mol. The van der Waals surface area contributed by atoms with Gasteiger partial charge in [-0.25, -0.2) is 17.5 Å². The van der Waals surface area contributed by atoms with Crippen molar-refractivity contribution in [3.63, 3.8) is 0 Å². The molecule has 0 fully saturated rings. The van der Waals surface area contributed by atoms with E-state index in [1.165, 1.54) is 12.1 Å². The van der Waals surface area contributed by atoms with Crippen LogP contribution < -0.4 is 4.72 Å². The molecule has 0 saturated heterocycles. The van der Waals surface area contributed by atoms with Gasteiger partial charge in [0.05, 0.1) is 12.8 Å². The molecule has 6 heteroatoms. The van der Waals surface area contributed by atoms with E-state index in [4.69, 9.17) is 6.42 Å². The highest BCUT2D eigenvalue weighted by molar-refractivity contribution is 7.88. The molecule has 1 aromatic rings. The normalized spacial score (nSPS) is 11.5. The van der Waals surface area contributed by atoms with E-state index in [0.717, 1.165) is 11.8 Å². The summed E-state index contributed by atoms with van der Waals surface area (Å²) in [6, 6.07) is 6.25. The second-order valence-electron chi connectivity index (χ2n) is 4.56. The summed E-state index contributed by atoms with van der Waals surface area (Å²) in [5.41, 5.74) is 0.970. The lowest BCUT2D eigenvalue weighted by atomic mass is 10.2. The first-order valence-electron chi connectivity index (χ1n) is 6.25. The predicted octanol–water partition coefficient (Wildman–Crippen LogP) is 1.20. The summed E-state index contributed by atoms with van der Waals surface area (Å²) in [5, 5.41) is 0. The summed E-state index contributed by atoms with van der Waals surface area (Å²) in [6.45, 7) is 2.13. The number of nitrogens with zero attached hydrogens (tertiary/aromatic N) is 1. The number of halogens is 1. The molecular weight excluding hydrogens is 279 g/mol. The van der Waals surface area contributed by atoms with E-state index in [-0.39, 0.29) is 5.82 Å². The second kappa shape index (κ2) is 8.00. The lowest BCUT2D eigenvalue weighted by Crippen LogP contribution is -2.29. The van der Waals surface area contributed by atoms with E-state index in [2.05, 4.69) is 10.6 Å². The standard InChI is InChI=1S/C14H19FN2O2S/c1-3-10-17(11-4-9-16-20(2,18)19)12-13-5-7-14(15)8-6-13/h1,5-8,16H,4,9-12H2,2H3. The number of nitrogens with one attached hydrogen (secondary N) is 1. The molecule has 0 aromatic heterocycles. The lowest BCUT2D eigenvalue weighted by molar-refractivity contribution is 0.295. The number of hydrogen-bond acceptors (Lipinski definition) is 3. The molecule has 110 valence electrons. The van der Waals surface area contributed by atoms with Crippen LogP contribution in [0.1, 0.15) is 12.0 Å². The van der Waals surface area contributed by atoms with Gasteiger partial charge in [-0.1, -0.05) is 18.1 Å². The minimum Gasteiger partial charge on any atom is -0.288 e. The molecule has 1 N–H and O–H groups in total. The number of rotatable bonds is 8. The summed E-state index contributed by atoms with van der Waals surface area (Å²) in [7, 11) is -3.15. The minimum absolute atomic E-state index is 0.269. The second-order valence-corrected chi connectivity index (χ2v) is 6.39. The summed E-state index contributed by atoms with van der Waals surface area (Å²) < 4.78 is 37.1.